The van der Waals surface area contributed by atoms with Crippen LogP contribution < -0.4 is 0 Å². The van der Waals surface area contributed by atoms with Crippen molar-refractivity contribution in [2.45, 2.75) is 12.8 Å². The number of ether oxygens (including phenoxy) is 2. The first-order chi connectivity index (χ1) is 10.1. The summed E-state index contributed by atoms with van der Waals surface area (Å²) in [6.45, 7) is 1.06. The van der Waals surface area contributed by atoms with Crippen molar-refractivity contribution >= 4 is 11.9 Å². The van der Waals surface area contributed by atoms with Gasteiger partial charge in [0.05, 0.1) is 19.1 Å². The van der Waals surface area contributed by atoms with E-state index < -0.39 is 17.7 Å². The van der Waals surface area contributed by atoms with Crippen molar-refractivity contribution in [1.82, 2.24) is 4.90 Å². The molecule has 0 bridgehead atoms. The first-order valence-corrected chi connectivity index (χ1v) is 6.69. The number of esters is 1. The van der Waals surface area contributed by atoms with E-state index in [-0.39, 0.29) is 18.5 Å². The second-order valence-electron chi connectivity index (χ2n) is 4.44. The molecule has 0 fully saturated rings. The van der Waals surface area contributed by atoms with Gasteiger partial charge in [0.25, 0.3) is 5.91 Å². The van der Waals surface area contributed by atoms with Gasteiger partial charge in [-0.1, -0.05) is 12.1 Å². The topological polar surface area (TPSA) is 55.8 Å². The quantitative estimate of drug-likeness (QED) is 0.543. The summed E-state index contributed by atoms with van der Waals surface area (Å²) >= 11 is 0. The lowest BCUT2D eigenvalue weighted by Crippen LogP contribution is -2.35. The molecule has 0 saturated heterocycles. The zero-order chi connectivity index (χ0) is 15.7. The highest BCUT2D eigenvalue weighted by atomic mass is 19.1. The second kappa shape index (κ2) is 9.07. The van der Waals surface area contributed by atoms with E-state index in [4.69, 9.17) is 4.74 Å². The first-order valence-electron chi connectivity index (χ1n) is 6.69. The van der Waals surface area contributed by atoms with Gasteiger partial charge >= 0.3 is 5.97 Å². The summed E-state index contributed by atoms with van der Waals surface area (Å²) in [6.07, 6.45) is 0.682. The number of amides is 1. The van der Waals surface area contributed by atoms with Gasteiger partial charge in [0.15, 0.2) is 0 Å². The van der Waals surface area contributed by atoms with Gasteiger partial charge in [0.2, 0.25) is 0 Å². The minimum absolute atomic E-state index is 0.000201. The molecule has 0 saturated carbocycles. The van der Waals surface area contributed by atoms with E-state index in [1.54, 1.807) is 13.2 Å². The van der Waals surface area contributed by atoms with Gasteiger partial charge in [-0.15, -0.1) is 0 Å². The van der Waals surface area contributed by atoms with E-state index >= 15 is 0 Å². The molecule has 0 aliphatic rings. The summed E-state index contributed by atoms with van der Waals surface area (Å²) in [5.74, 6) is -1.42. The van der Waals surface area contributed by atoms with Crippen molar-refractivity contribution in [2.75, 3.05) is 33.9 Å². The number of rotatable bonds is 8. The van der Waals surface area contributed by atoms with Gasteiger partial charge in [-0.05, 0) is 18.6 Å². The van der Waals surface area contributed by atoms with Crippen molar-refractivity contribution in [2.24, 2.45) is 0 Å². The van der Waals surface area contributed by atoms with Crippen molar-refractivity contribution in [3.05, 3.63) is 35.6 Å². The number of methoxy groups -OCH3 is 2. The Morgan fingerprint density at radius 2 is 1.90 bits per heavy atom. The van der Waals surface area contributed by atoms with Gasteiger partial charge in [-0.25, -0.2) is 4.39 Å². The van der Waals surface area contributed by atoms with Gasteiger partial charge < -0.3 is 14.4 Å². The largest absolute Gasteiger partial charge is 0.469 e. The number of carbonyl (C=O) groups excluding carboxylic acids is 2. The molecule has 0 heterocycles. The lowest BCUT2D eigenvalue weighted by Gasteiger charge is -2.22. The highest BCUT2D eigenvalue weighted by molar-refractivity contribution is 5.94. The molecule has 0 aliphatic heterocycles. The lowest BCUT2D eigenvalue weighted by atomic mass is 10.1. The minimum Gasteiger partial charge on any atom is -0.469 e. The molecule has 0 spiro atoms. The Morgan fingerprint density at radius 1 is 1.19 bits per heavy atom. The molecule has 0 unspecified atom stereocenters. The molecular formula is C15H20FNO4. The van der Waals surface area contributed by atoms with Crippen LogP contribution in [0.15, 0.2) is 24.3 Å². The zero-order valence-corrected chi connectivity index (χ0v) is 12.3. The first kappa shape index (κ1) is 17.1. The third kappa shape index (κ3) is 5.51. The Morgan fingerprint density at radius 3 is 2.52 bits per heavy atom. The Hall–Kier alpha value is -1.95. The molecule has 0 N–H and O–H groups in total. The molecule has 116 valence electrons. The van der Waals surface area contributed by atoms with Crippen LogP contribution in [0.2, 0.25) is 0 Å². The fourth-order valence-electron chi connectivity index (χ4n) is 1.85. The standard InChI is InChI=1S/C15H20FNO4/c1-20-11-5-9-17(10-8-14(18)21-2)15(19)12-6-3-4-7-13(12)16/h3-4,6-7H,5,8-11H2,1-2H3. The van der Waals surface area contributed by atoms with Crippen LogP contribution in [0, 0.1) is 5.82 Å². The van der Waals surface area contributed by atoms with E-state index in [2.05, 4.69) is 4.74 Å². The van der Waals surface area contributed by atoms with Gasteiger partial charge in [-0.3, -0.25) is 9.59 Å². The number of carbonyl (C=O) groups is 2. The van der Waals surface area contributed by atoms with Crippen LogP contribution in [0.3, 0.4) is 0 Å². The number of halogens is 1. The summed E-state index contributed by atoms with van der Waals surface area (Å²) in [6, 6.07) is 5.79. The van der Waals surface area contributed by atoms with Gasteiger partial charge in [-0.2, -0.15) is 0 Å². The summed E-state index contributed by atoms with van der Waals surface area (Å²) in [5, 5.41) is 0. The molecule has 5 nitrogen and oxygen atoms in total. The average molecular weight is 297 g/mol. The molecule has 1 aromatic rings. The Bertz CT molecular complexity index is 478. The average Bonchev–Trinajstić information content (AvgIpc) is 2.50. The maximum absolute atomic E-state index is 13.7. The van der Waals surface area contributed by atoms with E-state index in [1.807, 2.05) is 0 Å². The summed E-state index contributed by atoms with van der Waals surface area (Å²) in [4.78, 5) is 25.0. The van der Waals surface area contributed by atoms with Crippen LogP contribution in [0.5, 0.6) is 0 Å². The van der Waals surface area contributed by atoms with Crippen molar-refractivity contribution in [3.63, 3.8) is 0 Å². The number of benzene rings is 1. The number of nitrogens with zero attached hydrogens (tertiary/aromatic N) is 1. The smallest absolute Gasteiger partial charge is 0.307 e. The van der Waals surface area contributed by atoms with E-state index in [1.165, 1.54) is 30.2 Å². The molecule has 1 amide bonds. The predicted molar refractivity (Wildman–Crippen MR) is 75.4 cm³/mol. The van der Waals surface area contributed by atoms with Crippen LogP contribution >= 0.6 is 0 Å². The third-order valence-electron chi connectivity index (χ3n) is 2.98. The molecule has 1 aromatic carbocycles. The summed E-state index contributed by atoms with van der Waals surface area (Å²) < 4.78 is 23.2. The van der Waals surface area contributed by atoms with Crippen LogP contribution in [-0.2, 0) is 14.3 Å². The van der Waals surface area contributed by atoms with Crippen LogP contribution in [0.25, 0.3) is 0 Å². The fourth-order valence-corrected chi connectivity index (χ4v) is 1.85. The Balaban J connectivity index is 2.76. The highest BCUT2D eigenvalue weighted by Gasteiger charge is 2.19. The maximum Gasteiger partial charge on any atom is 0.307 e. The minimum atomic E-state index is -0.572. The van der Waals surface area contributed by atoms with Gasteiger partial charge in [0, 0.05) is 26.8 Å². The third-order valence-corrected chi connectivity index (χ3v) is 2.98. The molecule has 0 atom stereocenters. The van der Waals surface area contributed by atoms with Gasteiger partial charge in [0.1, 0.15) is 5.82 Å². The molecule has 21 heavy (non-hydrogen) atoms. The molecule has 1 rings (SSSR count). The molecule has 6 heteroatoms. The van der Waals surface area contributed by atoms with E-state index in [9.17, 15) is 14.0 Å². The molecule has 0 radical (unpaired) electrons. The second-order valence-corrected chi connectivity index (χ2v) is 4.44. The Kier molecular flexibility index (Phi) is 7.39. The maximum atomic E-state index is 13.7. The highest BCUT2D eigenvalue weighted by Crippen LogP contribution is 2.11. The van der Waals surface area contributed by atoms with Crippen molar-refractivity contribution in [3.8, 4) is 0 Å². The zero-order valence-electron chi connectivity index (χ0n) is 12.3. The Labute approximate surface area is 123 Å². The normalized spacial score (nSPS) is 10.2. The van der Waals surface area contributed by atoms with E-state index in [0.717, 1.165) is 0 Å². The lowest BCUT2D eigenvalue weighted by molar-refractivity contribution is -0.140. The molecule has 0 aliphatic carbocycles. The van der Waals surface area contributed by atoms with Crippen molar-refractivity contribution in [1.29, 1.82) is 0 Å². The molecular weight excluding hydrogens is 277 g/mol. The summed E-state index contributed by atoms with van der Waals surface area (Å²) in [5.41, 5.74) is -0.000201. The summed E-state index contributed by atoms with van der Waals surface area (Å²) in [7, 11) is 2.85. The number of hydrogen-bond donors (Lipinski definition) is 0. The number of hydrogen-bond acceptors (Lipinski definition) is 4. The van der Waals surface area contributed by atoms with Crippen LogP contribution in [0.1, 0.15) is 23.2 Å². The molecule has 0 aromatic heterocycles. The van der Waals surface area contributed by atoms with Crippen LogP contribution in [0.4, 0.5) is 4.39 Å². The SMILES string of the molecule is COCCCN(CCC(=O)OC)C(=O)c1ccccc1F. The monoisotopic (exact) mass is 297 g/mol. The fraction of sp³-hybridized carbons (Fsp3) is 0.467. The predicted octanol–water partition coefficient (Wildman–Crippen LogP) is 1.87. The van der Waals surface area contributed by atoms with Crippen LogP contribution in [-0.4, -0.2) is 50.7 Å². The van der Waals surface area contributed by atoms with E-state index in [0.29, 0.717) is 19.6 Å². The van der Waals surface area contributed by atoms with Crippen molar-refractivity contribution < 1.29 is 23.5 Å².